The Bertz CT molecular complexity index is 709. The predicted octanol–water partition coefficient (Wildman–Crippen LogP) is 2.72. The number of pyridine rings is 1. The summed E-state index contributed by atoms with van der Waals surface area (Å²) >= 11 is 1.66. The lowest BCUT2D eigenvalue weighted by molar-refractivity contribution is 0.602. The van der Waals surface area contributed by atoms with Crippen LogP contribution in [-0.2, 0) is 16.3 Å². The van der Waals surface area contributed by atoms with Crippen LogP contribution in [0.1, 0.15) is 30.5 Å². The minimum Gasteiger partial charge on any atom is -0.369 e. The van der Waals surface area contributed by atoms with Crippen LogP contribution in [0.5, 0.6) is 0 Å². The molecule has 2 heterocycles. The zero-order valence-corrected chi connectivity index (χ0v) is 14.0. The van der Waals surface area contributed by atoms with Crippen LogP contribution in [0.2, 0.25) is 0 Å². The molecule has 5 nitrogen and oxygen atoms in total. The Labute approximate surface area is 129 Å². The fourth-order valence-corrected chi connectivity index (χ4v) is 3.51. The SMILES string of the molecule is CC(C)c1nc(CCNc2ncccc2S(C)(=O)=O)cs1. The van der Waals surface area contributed by atoms with Gasteiger partial charge in [0, 0.05) is 36.7 Å². The first kappa shape index (κ1) is 15.9. The first-order valence-corrected chi connectivity index (χ1v) is 9.48. The van der Waals surface area contributed by atoms with Crippen molar-refractivity contribution in [3.63, 3.8) is 0 Å². The number of rotatable bonds is 6. The molecule has 0 unspecified atom stereocenters. The monoisotopic (exact) mass is 325 g/mol. The molecule has 114 valence electrons. The number of thiazole rings is 1. The van der Waals surface area contributed by atoms with Crippen LogP contribution in [0.15, 0.2) is 28.6 Å². The summed E-state index contributed by atoms with van der Waals surface area (Å²) in [6.07, 6.45) is 3.50. The first-order valence-electron chi connectivity index (χ1n) is 6.71. The van der Waals surface area contributed by atoms with Crippen LogP contribution in [0.4, 0.5) is 5.82 Å². The summed E-state index contributed by atoms with van der Waals surface area (Å²) in [6.45, 7) is 4.83. The van der Waals surface area contributed by atoms with Crippen molar-refractivity contribution in [2.75, 3.05) is 18.1 Å². The van der Waals surface area contributed by atoms with Crippen molar-refractivity contribution >= 4 is 27.0 Å². The number of hydrogen-bond donors (Lipinski definition) is 1. The molecule has 0 saturated heterocycles. The van der Waals surface area contributed by atoms with Crippen molar-refractivity contribution in [1.82, 2.24) is 9.97 Å². The molecular formula is C14H19N3O2S2. The van der Waals surface area contributed by atoms with Gasteiger partial charge in [-0.3, -0.25) is 0 Å². The van der Waals surface area contributed by atoms with E-state index < -0.39 is 9.84 Å². The average molecular weight is 325 g/mol. The van der Waals surface area contributed by atoms with E-state index in [4.69, 9.17) is 0 Å². The molecule has 0 aliphatic rings. The van der Waals surface area contributed by atoms with Crippen molar-refractivity contribution in [2.45, 2.75) is 31.1 Å². The Hall–Kier alpha value is -1.47. The van der Waals surface area contributed by atoms with Gasteiger partial charge in [-0.2, -0.15) is 0 Å². The van der Waals surface area contributed by atoms with Gasteiger partial charge in [0.25, 0.3) is 0 Å². The third-order valence-electron chi connectivity index (χ3n) is 2.91. The Balaban J connectivity index is 2.01. The number of sulfone groups is 1. The number of anilines is 1. The standard InChI is InChI=1S/C14H19N3O2S2/c1-10(2)14-17-11(9-20-14)6-8-16-13-12(21(3,18)19)5-4-7-15-13/h4-5,7,9-10H,6,8H2,1-3H3,(H,15,16). The lowest BCUT2D eigenvalue weighted by Crippen LogP contribution is -2.11. The molecule has 21 heavy (non-hydrogen) atoms. The third-order valence-corrected chi connectivity index (χ3v) is 5.23. The maximum absolute atomic E-state index is 11.7. The highest BCUT2D eigenvalue weighted by atomic mass is 32.2. The number of nitrogens with one attached hydrogen (secondary N) is 1. The van der Waals surface area contributed by atoms with Crippen molar-refractivity contribution < 1.29 is 8.42 Å². The van der Waals surface area contributed by atoms with E-state index in [1.807, 2.05) is 5.38 Å². The van der Waals surface area contributed by atoms with E-state index in [1.54, 1.807) is 29.7 Å². The first-order chi connectivity index (χ1) is 9.88. The topological polar surface area (TPSA) is 72.0 Å². The molecule has 7 heteroatoms. The largest absolute Gasteiger partial charge is 0.369 e. The summed E-state index contributed by atoms with van der Waals surface area (Å²) in [5, 5.41) is 6.25. The lowest BCUT2D eigenvalue weighted by Gasteiger charge is -2.08. The second-order valence-corrected chi connectivity index (χ2v) is 8.00. The van der Waals surface area contributed by atoms with E-state index in [1.165, 1.54) is 6.26 Å². The number of nitrogens with zero attached hydrogens (tertiary/aromatic N) is 2. The highest BCUT2D eigenvalue weighted by Crippen LogP contribution is 2.20. The summed E-state index contributed by atoms with van der Waals surface area (Å²) < 4.78 is 23.3. The molecular weight excluding hydrogens is 306 g/mol. The normalized spacial score (nSPS) is 11.8. The van der Waals surface area contributed by atoms with Gasteiger partial charge < -0.3 is 5.32 Å². The van der Waals surface area contributed by atoms with Crippen LogP contribution in [0, 0.1) is 0 Å². The van der Waals surface area contributed by atoms with Gasteiger partial charge >= 0.3 is 0 Å². The Morgan fingerprint density at radius 3 is 2.76 bits per heavy atom. The molecule has 0 atom stereocenters. The van der Waals surface area contributed by atoms with Gasteiger partial charge in [-0.25, -0.2) is 18.4 Å². The summed E-state index contributed by atoms with van der Waals surface area (Å²) in [5.74, 6) is 0.837. The van der Waals surface area contributed by atoms with Gasteiger partial charge in [0.15, 0.2) is 9.84 Å². The van der Waals surface area contributed by atoms with Gasteiger partial charge in [-0.1, -0.05) is 13.8 Å². The van der Waals surface area contributed by atoms with Crippen LogP contribution >= 0.6 is 11.3 Å². The highest BCUT2D eigenvalue weighted by molar-refractivity contribution is 7.90. The zero-order chi connectivity index (χ0) is 15.5. The van der Waals surface area contributed by atoms with Crippen LogP contribution < -0.4 is 5.32 Å². The van der Waals surface area contributed by atoms with Crippen molar-refractivity contribution in [3.05, 3.63) is 34.4 Å². The summed E-state index contributed by atoms with van der Waals surface area (Å²) in [6, 6.07) is 3.18. The highest BCUT2D eigenvalue weighted by Gasteiger charge is 2.13. The Morgan fingerprint density at radius 2 is 2.14 bits per heavy atom. The van der Waals surface area contributed by atoms with E-state index in [9.17, 15) is 8.42 Å². The molecule has 0 aliphatic carbocycles. The van der Waals surface area contributed by atoms with Gasteiger partial charge in [0.1, 0.15) is 10.7 Å². The van der Waals surface area contributed by atoms with E-state index in [0.29, 0.717) is 18.3 Å². The van der Waals surface area contributed by atoms with Crippen LogP contribution in [0.3, 0.4) is 0 Å². The lowest BCUT2D eigenvalue weighted by atomic mass is 10.2. The Morgan fingerprint density at radius 1 is 1.38 bits per heavy atom. The Kier molecular flexibility index (Phi) is 4.95. The summed E-state index contributed by atoms with van der Waals surface area (Å²) in [5.41, 5.74) is 1.02. The minimum absolute atomic E-state index is 0.228. The minimum atomic E-state index is -3.27. The van der Waals surface area contributed by atoms with Gasteiger partial charge in [0.05, 0.1) is 10.7 Å². The maximum atomic E-state index is 11.7. The van der Waals surface area contributed by atoms with Crippen molar-refractivity contribution in [2.24, 2.45) is 0 Å². The molecule has 0 saturated carbocycles. The van der Waals surface area contributed by atoms with Gasteiger partial charge in [-0.05, 0) is 12.1 Å². The average Bonchev–Trinajstić information content (AvgIpc) is 2.87. The third kappa shape index (κ3) is 4.25. The molecule has 0 aromatic carbocycles. The van der Waals surface area contributed by atoms with Gasteiger partial charge in [-0.15, -0.1) is 11.3 Å². The molecule has 0 aliphatic heterocycles. The van der Waals surface area contributed by atoms with E-state index in [2.05, 4.69) is 29.1 Å². The summed E-state index contributed by atoms with van der Waals surface area (Å²) in [4.78, 5) is 8.88. The molecule has 0 radical (unpaired) electrons. The second kappa shape index (κ2) is 6.53. The number of hydrogen-bond acceptors (Lipinski definition) is 6. The predicted molar refractivity (Wildman–Crippen MR) is 85.7 cm³/mol. The quantitative estimate of drug-likeness (QED) is 0.884. The second-order valence-electron chi connectivity index (χ2n) is 5.13. The molecule has 1 N–H and O–H groups in total. The van der Waals surface area contributed by atoms with E-state index in [0.717, 1.165) is 17.1 Å². The van der Waals surface area contributed by atoms with Crippen LogP contribution in [0.25, 0.3) is 0 Å². The fourth-order valence-electron chi connectivity index (χ4n) is 1.83. The molecule has 2 aromatic heterocycles. The maximum Gasteiger partial charge on any atom is 0.179 e. The molecule has 0 spiro atoms. The van der Waals surface area contributed by atoms with Crippen LogP contribution in [-0.4, -0.2) is 31.2 Å². The molecule has 0 amide bonds. The molecule has 0 fully saturated rings. The van der Waals surface area contributed by atoms with Crippen molar-refractivity contribution in [3.8, 4) is 0 Å². The summed E-state index contributed by atoms with van der Waals surface area (Å²) in [7, 11) is -3.27. The van der Waals surface area contributed by atoms with Gasteiger partial charge in [0.2, 0.25) is 0 Å². The van der Waals surface area contributed by atoms with Crippen molar-refractivity contribution in [1.29, 1.82) is 0 Å². The van der Waals surface area contributed by atoms with E-state index in [-0.39, 0.29) is 4.90 Å². The number of aromatic nitrogens is 2. The molecule has 0 bridgehead atoms. The molecule has 2 rings (SSSR count). The zero-order valence-electron chi connectivity index (χ0n) is 12.3. The van der Waals surface area contributed by atoms with E-state index >= 15 is 0 Å². The smallest absolute Gasteiger partial charge is 0.179 e. The fraction of sp³-hybridized carbons (Fsp3) is 0.429. The molecule has 2 aromatic rings.